The maximum absolute atomic E-state index is 14.1. The summed E-state index contributed by atoms with van der Waals surface area (Å²) in [5.41, 5.74) is 19.2. The zero-order valence-electron chi connectivity index (χ0n) is 40.6. The number of amides is 4. The van der Waals surface area contributed by atoms with Crippen LogP contribution in [0.25, 0.3) is 22.1 Å². The Labute approximate surface area is 385 Å². The Kier molecular flexibility index (Phi) is 14.1. The van der Waals surface area contributed by atoms with Gasteiger partial charge in [0.05, 0.1) is 34.5 Å². The maximum Gasteiger partial charge on any atom is 0.298 e. The van der Waals surface area contributed by atoms with Gasteiger partial charge in [-0.1, -0.05) is 31.9 Å². The molecule has 66 heavy (non-hydrogen) atoms. The van der Waals surface area contributed by atoms with Crippen LogP contribution < -0.4 is 27.4 Å². The zero-order valence-corrected chi connectivity index (χ0v) is 41.6. The number of aromatic nitrogens is 8. The van der Waals surface area contributed by atoms with Crippen molar-refractivity contribution in [3.63, 3.8) is 0 Å². The maximum atomic E-state index is 14.1. The number of imidazole rings is 2. The molecule has 6 aromatic rings. The van der Waals surface area contributed by atoms with Crippen LogP contribution in [0, 0.1) is 13.8 Å². The predicted octanol–water partition coefficient (Wildman–Crippen LogP) is 5.83. The molecule has 18 nitrogen and oxygen atoms in total. The molecule has 0 aliphatic carbocycles. The van der Waals surface area contributed by atoms with E-state index in [1.807, 2.05) is 50.7 Å². The Morgan fingerprint density at radius 2 is 1.20 bits per heavy atom. The summed E-state index contributed by atoms with van der Waals surface area (Å²) in [6, 6.07) is 11.9. The first-order valence-electron chi connectivity index (χ1n) is 22.2. The topological polar surface area (TPSA) is 219 Å². The molecule has 0 fully saturated rings. The third-order valence-corrected chi connectivity index (χ3v) is 17.1. The number of benzene rings is 2. The van der Waals surface area contributed by atoms with Gasteiger partial charge in [0.15, 0.2) is 8.32 Å². The second kappa shape index (κ2) is 19.1. The number of carbonyl (C=O) groups excluding carboxylic acids is 4. The van der Waals surface area contributed by atoms with Crippen molar-refractivity contribution >= 4 is 54.0 Å². The number of hydrogen-bond donors (Lipinski definition) is 2. The summed E-state index contributed by atoms with van der Waals surface area (Å²) in [4.78, 5) is 62.5. The highest BCUT2D eigenvalue weighted by Gasteiger charge is 2.37. The Bertz CT molecular complexity index is 3070. The minimum absolute atomic E-state index is 0.0482. The number of primary amides is 2. The summed E-state index contributed by atoms with van der Waals surface area (Å²) in [6.07, 6.45) is 0.592. The van der Waals surface area contributed by atoms with E-state index in [1.54, 1.807) is 75.1 Å². The Balaban J connectivity index is 1.51. The van der Waals surface area contributed by atoms with Crippen molar-refractivity contribution < 1.29 is 28.3 Å². The lowest BCUT2D eigenvalue weighted by atomic mass is 10.1. The van der Waals surface area contributed by atoms with Gasteiger partial charge in [-0.15, -0.1) is 0 Å². The first-order valence-corrected chi connectivity index (χ1v) is 25.1. The number of nitrogens with zero attached hydrogens (tertiary/aromatic N) is 10. The van der Waals surface area contributed by atoms with Crippen molar-refractivity contribution in [1.82, 2.24) is 37.8 Å². The summed E-state index contributed by atoms with van der Waals surface area (Å²) in [5.74, 6) is -1.79. The van der Waals surface area contributed by atoms with Crippen LogP contribution in [0.1, 0.15) is 108 Å². The minimum Gasteiger partial charge on any atom is -0.491 e. The second-order valence-corrected chi connectivity index (χ2v) is 23.2. The van der Waals surface area contributed by atoms with E-state index in [0.717, 1.165) is 16.7 Å². The lowest BCUT2D eigenvalue weighted by Gasteiger charge is -2.36. The number of carbonyl (C=O) groups is 4. The van der Waals surface area contributed by atoms with Gasteiger partial charge in [0.2, 0.25) is 23.1 Å². The molecule has 0 saturated carbocycles. The zero-order chi connectivity index (χ0) is 48.6. The van der Waals surface area contributed by atoms with E-state index in [-0.39, 0.29) is 30.3 Å². The molecule has 352 valence electrons. The summed E-state index contributed by atoms with van der Waals surface area (Å²) in [6.45, 7) is 24.7. The molecule has 4 heterocycles. The van der Waals surface area contributed by atoms with Crippen LogP contribution in [-0.4, -0.2) is 83.0 Å². The standard InChI is InChI=1S/C47H64N12O6Si/c1-14-58-37(21-30(5)52-58)43(62)50-45-54(10)35-23-32(41(48)60)17-18-34(35)56(45)26-28(3)29(4)27-57-40-36(55(11)46(57)51-44(63)38-22-31(6)53-59(38)15-2)24-33(42(49)61)25-39(40)64-19-16-20-65-66(12,13)47(7,8)9/h17-18,21-25H,14-16,19-20,26-27H2,1-13H3,(H2,48,60)(H2,49,61)/b29-28+,50-45?,51-46?. The van der Waals surface area contributed by atoms with Crippen molar-refractivity contribution in [2.75, 3.05) is 13.2 Å². The lowest BCUT2D eigenvalue weighted by molar-refractivity contribution is 0.0977. The van der Waals surface area contributed by atoms with E-state index in [2.05, 4.69) is 49.1 Å². The highest BCUT2D eigenvalue weighted by molar-refractivity contribution is 6.74. The molecule has 4 aromatic heterocycles. The highest BCUT2D eigenvalue weighted by atomic mass is 28.4. The molecular weight excluding hydrogens is 857 g/mol. The first-order chi connectivity index (χ1) is 31.0. The molecule has 0 atom stereocenters. The molecule has 4 amide bonds. The van der Waals surface area contributed by atoms with E-state index < -0.39 is 31.9 Å². The van der Waals surface area contributed by atoms with E-state index >= 15 is 0 Å². The smallest absolute Gasteiger partial charge is 0.298 e. The Morgan fingerprint density at radius 1 is 0.697 bits per heavy atom. The molecule has 2 aromatic carbocycles. The number of nitrogens with two attached hydrogens (primary N) is 2. The average Bonchev–Trinajstić information content (AvgIpc) is 3.98. The molecule has 0 radical (unpaired) electrons. The van der Waals surface area contributed by atoms with Crippen LogP contribution in [0.2, 0.25) is 18.1 Å². The molecule has 0 aliphatic rings. The molecule has 0 aliphatic heterocycles. The van der Waals surface area contributed by atoms with Crippen LogP contribution in [0.4, 0.5) is 0 Å². The summed E-state index contributed by atoms with van der Waals surface area (Å²) >= 11 is 0. The largest absolute Gasteiger partial charge is 0.491 e. The molecular formula is C47H64N12O6Si. The number of ether oxygens (including phenoxy) is 1. The third kappa shape index (κ3) is 9.81. The quantitative estimate of drug-likeness (QED) is 0.0682. The van der Waals surface area contributed by atoms with Gasteiger partial charge in [-0.2, -0.15) is 20.2 Å². The van der Waals surface area contributed by atoms with Crippen molar-refractivity contribution in [3.8, 4) is 5.75 Å². The molecule has 0 spiro atoms. The van der Waals surface area contributed by atoms with E-state index in [4.69, 9.17) is 25.6 Å². The number of hydrogen-bond acceptors (Lipinski definition) is 8. The molecule has 4 N–H and O–H groups in total. The number of fused-ring (bicyclic) bond motifs is 2. The number of aryl methyl sites for hydroxylation is 6. The molecule has 0 saturated heterocycles. The monoisotopic (exact) mass is 920 g/mol. The Hall–Kier alpha value is -6.60. The number of rotatable bonds is 16. The van der Waals surface area contributed by atoms with Crippen molar-refractivity contribution in [2.24, 2.45) is 35.5 Å². The normalized spacial score (nSPS) is 13.3. The summed E-state index contributed by atoms with van der Waals surface area (Å²) in [5, 5.41) is 8.97. The van der Waals surface area contributed by atoms with Crippen LogP contribution >= 0.6 is 0 Å². The Morgan fingerprint density at radius 3 is 1.71 bits per heavy atom. The van der Waals surface area contributed by atoms with Gasteiger partial charge in [-0.3, -0.25) is 28.5 Å². The summed E-state index contributed by atoms with van der Waals surface area (Å²) < 4.78 is 23.5. The third-order valence-electron chi connectivity index (χ3n) is 12.5. The average molecular weight is 921 g/mol. The first kappa shape index (κ1) is 48.8. The summed E-state index contributed by atoms with van der Waals surface area (Å²) in [7, 11) is 1.57. The fourth-order valence-corrected chi connectivity index (χ4v) is 8.74. The van der Waals surface area contributed by atoms with Gasteiger partial charge < -0.3 is 38.9 Å². The van der Waals surface area contributed by atoms with Crippen LogP contribution in [0.3, 0.4) is 0 Å². The SMILES string of the molecule is CCn1nc(C)cc1C(=O)N=c1n(C)c2cc(C(N)=O)ccc2n1C/C(C)=C(\C)Cn1c(=NC(=O)c2cc(C)nn2CC)n(C)c2cc(C(N)=O)cc(OCCCO[Si](C)(C)C(C)(C)C)c21. The van der Waals surface area contributed by atoms with Gasteiger partial charge >= 0.3 is 0 Å². The van der Waals surface area contributed by atoms with E-state index in [0.29, 0.717) is 88.0 Å². The molecule has 6 rings (SSSR count). The van der Waals surface area contributed by atoms with E-state index in [1.165, 1.54) is 0 Å². The predicted molar refractivity (Wildman–Crippen MR) is 256 cm³/mol. The fraction of sp³-hybridized carbons (Fsp3) is 0.447. The second-order valence-electron chi connectivity index (χ2n) is 18.3. The van der Waals surface area contributed by atoms with Gasteiger partial charge in [0.1, 0.15) is 22.7 Å². The number of allylic oxidation sites excluding steroid dienone is 2. The van der Waals surface area contributed by atoms with Gasteiger partial charge in [0, 0.05) is 64.4 Å². The molecule has 19 heteroatoms. The van der Waals surface area contributed by atoms with Crippen molar-refractivity contribution in [2.45, 2.75) is 113 Å². The fourth-order valence-electron chi connectivity index (χ4n) is 7.65. The van der Waals surface area contributed by atoms with Gasteiger partial charge in [-0.05, 0) is 102 Å². The lowest BCUT2D eigenvalue weighted by Crippen LogP contribution is -2.41. The van der Waals surface area contributed by atoms with Gasteiger partial charge in [-0.25, -0.2) is 0 Å². The van der Waals surface area contributed by atoms with Crippen LogP contribution in [-0.2, 0) is 44.7 Å². The molecule has 0 unspecified atom stereocenters. The van der Waals surface area contributed by atoms with Crippen molar-refractivity contribution in [3.05, 3.63) is 98.7 Å². The van der Waals surface area contributed by atoms with Crippen molar-refractivity contribution in [1.29, 1.82) is 0 Å². The van der Waals surface area contributed by atoms with Crippen LogP contribution in [0.15, 0.2) is 63.6 Å². The highest BCUT2D eigenvalue weighted by Crippen LogP contribution is 2.36. The van der Waals surface area contributed by atoms with E-state index in [9.17, 15) is 19.2 Å². The van der Waals surface area contributed by atoms with Crippen LogP contribution in [0.5, 0.6) is 5.75 Å². The minimum atomic E-state index is -2.00. The molecule has 0 bridgehead atoms. The van der Waals surface area contributed by atoms with Gasteiger partial charge in [0.25, 0.3) is 11.8 Å².